The third-order valence-electron chi connectivity index (χ3n) is 1.68. The van der Waals surface area contributed by atoms with Crippen LogP contribution in [0.15, 0.2) is 5.38 Å². The van der Waals surface area contributed by atoms with E-state index in [-0.39, 0.29) is 6.42 Å². The van der Waals surface area contributed by atoms with Gasteiger partial charge in [-0.2, -0.15) is 0 Å². The summed E-state index contributed by atoms with van der Waals surface area (Å²) in [5.74, 6) is 0.435. The van der Waals surface area contributed by atoms with Crippen molar-refractivity contribution in [2.24, 2.45) is 0 Å². The quantitative estimate of drug-likeness (QED) is 0.778. The van der Waals surface area contributed by atoms with Gasteiger partial charge in [0.1, 0.15) is 13.2 Å². The molecule has 13 heavy (non-hydrogen) atoms. The van der Waals surface area contributed by atoms with Crippen LogP contribution >= 0.6 is 11.3 Å². The third-order valence-corrected chi connectivity index (χ3v) is 2.63. The Bertz CT molecular complexity index is 331. The predicted octanol–water partition coefficient (Wildman–Crippen LogP) is 1.15. The van der Waals surface area contributed by atoms with Crippen molar-refractivity contribution in [3.8, 4) is 11.5 Å². The fraction of sp³-hybridized carbons (Fsp3) is 0.375. The van der Waals surface area contributed by atoms with Crippen molar-refractivity contribution < 1.29 is 19.4 Å². The monoisotopic (exact) mass is 200 g/mol. The summed E-state index contributed by atoms with van der Waals surface area (Å²) in [4.78, 5) is 11.2. The lowest BCUT2D eigenvalue weighted by Crippen LogP contribution is -2.15. The SMILES string of the molecule is O=C(O)Cc1scc2c1OCCO2. The molecule has 0 bridgehead atoms. The summed E-state index contributed by atoms with van der Waals surface area (Å²) in [6.07, 6.45) is 0.00333. The van der Waals surface area contributed by atoms with E-state index in [2.05, 4.69) is 0 Å². The fourth-order valence-electron chi connectivity index (χ4n) is 1.17. The predicted molar refractivity (Wildman–Crippen MR) is 46.6 cm³/mol. The summed E-state index contributed by atoms with van der Waals surface area (Å²) < 4.78 is 10.6. The van der Waals surface area contributed by atoms with Gasteiger partial charge in [-0.3, -0.25) is 4.79 Å². The summed E-state index contributed by atoms with van der Waals surface area (Å²) in [5.41, 5.74) is 0. The van der Waals surface area contributed by atoms with E-state index in [4.69, 9.17) is 14.6 Å². The van der Waals surface area contributed by atoms with E-state index in [1.807, 2.05) is 0 Å². The molecule has 0 fully saturated rings. The van der Waals surface area contributed by atoms with E-state index in [1.165, 1.54) is 11.3 Å². The van der Waals surface area contributed by atoms with Crippen molar-refractivity contribution in [2.45, 2.75) is 6.42 Å². The molecule has 1 aromatic rings. The minimum absolute atomic E-state index is 0.00333. The molecule has 70 valence electrons. The molecule has 0 unspecified atom stereocenters. The van der Waals surface area contributed by atoms with Crippen LogP contribution in [0, 0.1) is 0 Å². The molecule has 0 saturated heterocycles. The first-order valence-electron chi connectivity index (χ1n) is 3.85. The van der Waals surface area contributed by atoms with E-state index in [1.54, 1.807) is 5.38 Å². The van der Waals surface area contributed by atoms with Crippen LogP contribution in [-0.4, -0.2) is 24.3 Å². The molecule has 1 aromatic heterocycles. The number of carboxylic acids is 1. The molecular formula is C8H8O4S. The van der Waals surface area contributed by atoms with E-state index < -0.39 is 5.97 Å². The van der Waals surface area contributed by atoms with Crippen molar-refractivity contribution in [1.82, 2.24) is 0 Å². The van der Waals surface area contributed by atoms with Gasteiger partial charge < -0.3 is 14.6 Å². The molecule has 0 aliphatic carbocycles. The van der Waals surface area contributed by atoms with Gasteiger partial charge in [-0.1, -0.05) is 0 Å². The first-order valence-corrected chi connectivity index (χ1v) is 4.73. The van der Waals surface area contributed by atoms with E-state index in [9.17, 15) is 4.79 Å². The Balaban J connectivity index is 2.26. The van der Waals surface area contributed by atoms with Crippen LogP contribution in [0.1, 0.15) is 4.88 Å². The molecule has 0 radical (unpaired) electrons. The Morgan fingerprint density at radius 1 is 1.54 bits per heavy atom. The van der Waals surface area contributed by atoms with Crippen LogP contribution in [0.2, 0.25) is 0 Å². The number of aliphatic carboxylic acids is 1. The van der Waals surface area contributed by atoms with Crippen LogP contribution in [0.4, 0.5) is 0 Å². The lowest BCUT2D eigenvalue weighted by Gasteiger charge is -2.15. The zero-order chi connectivity index (χ0) is 9.26. The second-order valence-corrected chi connectivity index (χ2v) is 3.58. The highest BCUT2D eigenvalue weighted by molar-refractivity contribution is 7.10. The smallest absolute Gasteiger partial charge is 0.308 e. The Morgan fingerprint density at radius 3 is 3.08 bits per heavy atom. The molecule has 5 heteroatoms. The number of fused-ring (bicyclic) bond motifs is 1. The summed E-state index contributed by atoms with van der Waals surface area (Å²) >= 11 is 1.36. The van der Waals surface area contributed by atoms with Gasteiger partial charge in [0.2, 0.25) is 0 Å². The van der Waals surface area contributed by atoms with Crippen molar-refractivity contribution in [3.63, 3.8) is 0 Å². The van der Waals surface area contributed by atoms with Gasteiger partial charge in [-0.05, 0) is 0 Å². The Labute approximate surface area is 78.7 Å². The number of carboxylic acid groups (broad SMARTS) is 1. The largest absolute Gasteiger partial charge is 0.485 e. The highest BCUT2D eigenvalue weighted by Gasteiger charge is 2.19. The number of rotatable bonds is 2. The molecule has 0 aromatic carbocycles. The first kappa shape index (κ1) is 8.37. The zero-order valence-corrected chi connectivity index (χ0v) is 7.60. The first-order chi connectivity index (χ1) is 6.27. The Hall–Kier alpha value is -1.23. The van der Waals surface area contributed by atoms with Gasteiger partial charge in [-0.15, -0.1) is 11.3 Å². The lowest BCUT2D eigenvalue weighted by atomic mass is 10.3. The molecule has 0 amide bonds. The Kier molecular flexibility index (Phi) is 2.10. The summed E-state index contributed by atoms with van der Waals surface area (Å²) in [6.45, 7) is 1.03. The number of hydrogen-bond acceptors (Lipinski definition) is 4. The minimum atomic E-state index is -0.848. The molecule has 0 spiro atoms. The number of carbonyl (C=O) groups is 1. The van der Waals surface area contributed by atoms with Gasteiger partial charge >= 0.3 is 5.97 Å². The third kappa shape index (κ3) is 1.60. The standard InChI is InChI=1S/C8H8O4S/c9-7(10)3-6-8-5(4-13-6)11-1-2-12-8/h4H,1-3H2,(H,9,10). The fourth-order valence-corrected chi connectivity index (χ4v) is 2.07. The zero-order valence-electron chi connectivity index (χ0n) is 6.78. The molecule has 0 saturated carbocycles. The normalized spacial score (nSPS) is 14.2. The van der Waals surface area contributed by atoms with Crippen LogP contribution in [0.5, 0.6) is 11.5 Å². The van der Waals surface area contributed by atoms with Gasteiger partial charge in [-0.25, -0.2) is 0 Å². The van der Waals surface area contributed by atoms with Crippen molar-refractivity contribution in [3.05, 3.63) is 10.3 Å². The molecule has 1 N–H and O–H groups in total. The van der Waals surface area contributed by atoms with Crippen molar-refractivity contribution in [2.75, 3.05) is 13.2 Å². The van der Waals surface area contributed by atoms with Crippen molar-refractivity contribution in [1.29, 1.82) is 0 Å². The average molecular weight is 200 g/mol. The van der Waals surface area contributed by atoms with Crippen LogP contribution in [0.25, 0.3) is 0 Å². The Morgan fingerprint density at radius 2 is 2.31 bits per heavy atom. The summed E-state index contributed by atoms with van der Waals surface area (Å²) in [7, 11) is 0. The molecule has 0 atom stereocenters. The molecule has 1 aliphatic rings. The lowest BCUT2D eigenvalue weighted by molar-refractivity contribution is -0.136. The van der Waals surface area contributed by atoms with Crippen LogP contribution < -0.4 is 9.47 Å². The second-order valence-electron chi connectivity index (χ2n) is 2.62. The maximum Gasteiger partial charge on any atom is 0.308 e. The highest BCUT2D eigenvalue weighted by Crippen LogP contribution is 2.39. The molecule has 4 nitrogen and oxygen atoms in total. The van der Waals surface area contributed by atoms with Gasteiger partial charge in [0.25, 0.3) is 0 Å². The van der Waals surface area contributed by atoms with Crippen LogP contribution in [-0.2, 0) is 11.2 Å². The molecule has 1 aliphatic heterocycles. The maximum atomic E-state index is 10.5. The number of thiophene rings is 1. The van der Waals surface area contributed by atoms with E-state index >= 15 is 0 Å². The molecule has 2 rings (SSSR count). The van der Waals surface area contributed by atoms with E-state index in [0.717, 1.165) is 4.88 Å². The molecule has 2 heterocycles. The minimum Gasteiger partial charge on any atom is -0.485 e. The van der Waals surface area contributed by atoms with E-state index in [0.29, 0.717) is 24.7 Å². The summed E-state index contributed by atoms with van der Waals surface area (Å²) in [5, 5.41) is 10.4. The highest BCUT2D eigenvalue weighted by atomic mass is 32.1. The van der Waals surface area contributed by atoms with Gasteiger partial charge in [0.05, 0.1) is 11.3 Å². The maximum absolute atomic E-state index is 10.5. The average Bonchev–Trinajstić information content (AvgIpc) is 2.48. The number of hydrogen-bond donors (Lipinski definition) is 1. The summed E-state index contributed by atoms with van der Waals surface area (Å²) in [6, 6.07) is 0. The van der Waals surface area contributed by atoms with Crippen LogP contribution in [0.3, 0.4) is 0 Å². The second kappa shape index (κ2) is 3.26. The molecular weight excluding hydrogens is 192 g/mol. The topological polar surface area (TPSA) is 55.8 Å². The van der Waals surface area contributed by atoms with Gasteiger partial charge in [0.15, 0.2) is 11.5 Å². The number of ether oxygens (including phenoxy) is 2. The van der Waals surface area contributed by atoms with Gasteiger partial charge in [0, 0.05) is 5.38 Å². The van der Waals surface area contributed by atoms with Crippen molar-refractivity contribution >= 4 is 17.3 Å².